The third kappa shape index (κ3) is 24.6. The van der Waals surface area contributed by atoms with Crippen LogP contribution in [0.25, 0.3) is 22.3 Å². The van der Waals surface area contributed by atoms with Gasteiger partial charge in [-0.1, -0.05) is 96.3 Å². The first kappa shape index (κ1) is 104. The number of hydrogen-bond donors (Lipinski definition) is 20. The highest BCUT2D eigenvalue weighted by Gasteiger charge is 2.53. The number of primary amides is 1. The van der Waals surface area contributed by atoms with E-state index in [9.17, 15) is 65.4 Å². The van der Waals surface area contributed by atoms with Gasteiger partial charge in [-0.2, -0.15) is 0 Å². The quantitative estimate of drug-likeness (QED) is 0.0211. The fourth-order valence-electron chi connectivity index (χ4n) is 17.8. The first-order chi connectivity index (χ1) is 65.1. The summed E-state index contributed by atoms with van der Waals surface area (Å²) in [6.07, 6.45) is -25.4. The molecule has 15 rings (SSSR count). The molecular formula is C96H115Cl3N10O28. The molecule has 11 bridgehead atoms. The van der Waals surface area contributed by atoms with Crippen molar-refractivity contribution in [2.24, 2.45) is 29.0 Å². The molecule has 0 spiro atoms. The number of Topliss-reactive ketones (excluding diaryl/α,β-unsaturated/α-hetero) is 2. The lowest BCUT2D eigenvalue weighted by molar-refractivity contribution is -0.334. The summed E-state index contributed by atoms with van der Waals surface area (Å²) in [7, 11) is 0. The summed E-state index contributed by atoms with van der Waals surface area (Å²) in [5.41, 5.74) is 15.6. The molecular weight excluding hydrogens is 1850 g/mol. The molecule has 7 aromatic carbocycles. The van der Waals surface area contributed by atoms with E-state index in [1.165, 1.54) is 57.2 Å². The van der Waals surface area contributed by atoms with Crippen LogP contribution in [0.3, 0.4) is 0 Å². The number of nitrogens with one attached hydrogen (secondary N) is 7. The standard InChI is InChI=1S/C96H115Cl3N10O28/c1-7-48(28-44(2)111)89(124)108-79-65(115)32-55(35-72(101)117)90(125)106-77-54-33-69(132-67-22-17-52(81(79)119)30-61(67)98)85(137-94-86(83(121)82(120)71(42-110)134-94)136-75-40-96(6,88(123)46(4)131-75)105-41-47-10-12-49(13-11-47)50-14-19-56(97)20-15-50)70(34-54)133-68-23-18-53(31-62(68)99)84(135-74-39-95(5,102)87(122)45(3)130-74)80-92(127)107-78(93(128)129-43-73(118)104-27-9-26-103-25-8-24-100)60-36-57(112)37-64(114)76(60)59-29-51(16-21-63(59)113)58(38-66(77)116)91(126)109-80/h10-23,29-31,33-34,36-37,44-46,48,55,58,71,74-75,77-84,86-88,94,103,105,110-114,119-123H,7-9,24-28,32,35,38-43,100,102H2,1-6H3,(H2,101,117)(H,104,118)(H,106,125)(H,107,127)(H,108,124)(H,109,126). The molecule has 738 valence electrons. The molecule has 41 heteroatoms. The zero-order chi connectivity index (χ0) is 98.9. The lowest BCUT2D eigenvalue weighted by atomic mass is 9.84. The first-order valence-corrected chi connectivity index (χ1v) is 46.2. The highest BCUT2D eigenvalue weighted by Crippen LogP contribution is 2.52. The van der Waals surface area contributed by atoms with E-state index >= 15 is 28.8 Å². The normalized spacial score (nSPS) is 28.4. The van der Waals surface area contributed by atoms with E-state index in [2.05, 4.69) is 37.2 Å². The molecule has 0 radical (unpaired) electrons. The Morgan fingerprint density at radius 2 is 1.30 bits per heavy atom. The highest BCUT2D eigenvalue weighted by molar-refractivity contribution is 6.32. The number of phenolic OH excluding ortho intramolecular Hbond substituents is 3. The number of ketones is 2. The number of hydrogen-bond acceptors (Lipinski definition) is 32. The number of aliphatic hydroxyl groups is 7. The number of fused-ring (bicyclic) bond motifs is 15. The van der Waals surface area contributed by atoms with Gasteiger partial charge in [-0.15, -0.1) is 0 Å². The maximum Gasteiger partial charge on any atom is 0.333 e. The topological polar surface area (TPSA) is 601 Å². The van der Waals surface area contributed by atoms with Gasteiger partial charge >= 0.3 is 5.97 Å². The molecule has 137 heavy (non-hydrogen) atoms. The smallest absolute Gasteiger partial charge is 0.333 e. The fraction of sp³-hybridized carbons (Fsp3) is 0.469. The lowest BCUT2D eigenvalue weighted by Gasteiger charge is -2.48. The summed E-state index contributed by atoms with van der Waals surface area (Å²) < 4.78 is 59.1. The van der Waals surface area contributed by atoms with Gasteiger partial charge in [0.1, 0.15) is 77.4 Å². The van der Waals surface area contributed by atoms with Gasteiger partial charge < -0.3 is 148 Å². The third-order valence-electron chi connectivity index (χ3n) is 25.4. The van der Waals surface area contributed by atoms with Crippen LogP contribution in [0.1, 0.15) is 163 Å². The Labute approximate surface area is 803 Å². The van der Waals surface area contributed by atoms with Crippen molar-refractivity contribution >= 4 is 87.8 Å². The number of carbonyl (C=O) groups excluding carboxylic acids is 9. The summed E-state index contributed by atoms with van der Waals surface area (Å²) in [5.74, 6) is -20.6. The minimum Gasteiger partial charge on any atom is -0.508 e. The highest BCUT2D eigenvalue weighted by atomic mass is 35.5. The number of ether oxygens (including phenoxy) is 9. The van der Waals surface area contributed by atoms with Crippen LogP contribution in [-0.2, 0) is 78.1 Å². The maximum absolute atomic E-state index is 16.9. The number of halogens is 3. The number of carbonyl (C=O) groups is 9. The Bertz CT molecular complexity index is 5570. The number of aromatic hydroxyl groups is 3. The number of rotatable bonds is 28. The summed E-state index contributed by atoms with van der Waals surface area (Å²) in [6.45, 7) is 9.11. The lowest BCUT2D eigenvalue weighted by Crippen LogP contribution is -2.65. The summed E-state index contributed by atoms with van der Waals surface area (Å²) in [6, 6.07) is 20.7. The van der Waals surface area contributed by atoms with Gasteiger partial charge in [-0.05, 0) is 186 Å². The van der Waals surface area contributed by atoms with Crippen molar-refractivity contribution in [1.82, 2.24) is 37.2 Å². The van der Waals surface area contributed by atoms with Gasteiger partial charge in [0, 0.05) is 90.0 Å². The molecule has 3 fully saturated rings. The third-order valence-corrected chi connectivity index (χ3v) is 26.2. The van der Waals surface area contributed by atoms with Crippen molar-refractivity contribution < 1.29 is 137 Å². The molecule has 8 aliphatic heterocycles. The molecule has 3 saturated heterocycles. The van der Waals surface area contributed by atoms with Crippen molar-refractivity contribution in [3.8, 4) is 68.2 Å². The first-order valence-electron chi connectivity index (χ1n) is 45.1. The van der Waals surface area contributed by atoms with Crippen LogP contribution in [0.4, 0.5) is 0 Å². The Kier molecular flexibility index (Phi) is 34.0. The molecule has 0 aliphatic carbocycles. The van der Waals surface area contributed by atoms with Crippen LogP contribution in [0.5, 0.6) is 46.0 Å². The molecule has 23 atom stereocenters. The van der Waals surface area contributed by atoms with Crippen molar-refractivity contribution in [2.45, 2.75) is 233 Å². The van der Waals surface area contributed by atoms with Crippen LogP contribution in [0.2, 0.25) is 15.1 Å². The largest absolute Gasteiger partial charge is 0.508 e. The van der Waals surface area contributed by atoms with Crippen LogP contribution >= 0.6 is 34.8 Å². The Hall–Kier alpha value is -10.8. The van der Waals surface area contributed by atoms with Crippen LogP contribution in [0, 0.1) is 11.8 Å². The molecule has 7 aromatic rings. The van der Waals surface area contributed by atoms with Gasteiger partial charge in [-0.25, -0.2) is 4.79 Å². The monoisotopic (exact) mass is 1960 g/mol. The molecule has 0 saturated carbocycles. The zero-order valence-electron chi connectivity index (χ0n) is 75.7. The summed E-state index contributed by atoms with van der Waals surface area (Å²) >= 11 is 21.0. The fourth-order valence-corrected chi connectivity index (χ4v) is 18.4. The van der Waals surface area contributed by atoms with Crippen molar-refractivity contribution in [3.63, 3.8) is 0 Å². The van der Waals surface area contributed by atoms with Crippen molar-refractivity contribution in [2.75, 3.05) is 39.4 Å². The number of amides is 6. The second kappa shape index (κ2) is 45.0. The zero-order valence-corrected chi connectivity index (χ0v) is 78.0. The van der Waals surface area contributed by atoms with E-state index in [0.29, 0.717) is 37.5 Å². The number of esters is 1. The van der Waals surface area contributed by atoms with E-state index in [4.69, 9.17) is 94.6 Å². The predicted molar refractivity (Wildman–Crippen MR) is 493 cm³/mol. The average Bonchev–Trinajstić information content (AvgIpc) is 0.759. The van der Waals surface area contributed by atoms with Crippen molar-refractivity contribution in [1.29, 1.82) is 0 Å². The molecule has 23 unspecified atom stereocenters. The average molecular weight is 1960 g/mol. The van der Waals surface area contributed by atoms with E-state index in [1.54, 1.807) is 32.9 Å². The molecule has 8 aliphatic rings. The molecule has 38 nitrogen and oxygen atoms in total. The minimum absolute atomic E-state index is 0.0954. The second-order valence-corrected chi connectivity index (χ2v) is 37.1. The Morgan fingerprint density at radius 3 is 1.93 bits per heavy atom. The number of phenols is 3. The maximum atomic E-state index is 16.9. The van der Waals surface area contributed by atoms with Gasteiger partial charge in [0.05, 0.1) is 59.0 Å². The van der Waals surface area contributed by atoms with E-state index in [-0.39, 0.29) is 66.2 Å². The Morgan fingerprint density at radius 1 is 0.664 bits per heavy atom. The van der Waals surface area contributed by atoms with Gasteiger partial charge in [0.15, 0.2) is 54.4 Å². The van der Waals surface area contributed by atoms with Gasteiger partial charge in [0.2, 0.25) is 41.6 Å². The van der Waals surface area contributed by atoms with Crippen LogP contribution < -0.4 is 68.6 Å². The molecule has 6 amide bonds. The summed E-state index contributed by atoms with van der Waals surface area (Å²) in [4.78, 5) is 138. The SMILES string of the molecule is CCC(CC(C)O)C(=O)NC1C(=O)CC(CC(N)=O)C(=O)NC2C(=O)CC3C(=O)NC(C(=O)NC(C(=O)OCC(=O)NCCCNCCCN)c4cc(O)cc(O)c4-c4cc3ccc4O)C(OC3CC(C)(N)C(O)C(C)O3)c3ccc(c(Cl)c3)Oc3cc2cc(c3OC2OC(CO)C(O)C(O)C2OC2CC(C)(NCc3ccc(-c4ccc(Cl)cc4)cc3)C(O)C(C)O2)Oc2ccc(cc2Cl)C1O. The van der Waals surface area contributed by atoms with E-state index < -0.39 is 292 Å². The number of nitrogens with two attached hydrogens (primary N) is 3. The second-order valence-electron chi connectivity index (χ2n) is 35.9. The van der Waals surface area contributed by atoms with Crippen LogP contribution in [0.15, 0.2) is 127 Å². The predicted octanol–water partition coefficient (Wildman–Crippen LogP) is 5.54. The molecule has 23 N–H and O–H groups in total. The Balaban J connectivity index is 1.01. The summed E-state index contributed by atoms with van der Waals surface area (Å²) in [5, 5.41) is 137. The number of benzene rings is 7. The molecule has 0 aromatic heterocycles. The van der Waals surface area contributed by atoms with Gasteiger partial charge in [0.25, 0.3) is 5.91 Å². The minimum atomic E-state index is -2.29. The van der Waals surface area contributed by atoms with Crippen LogP contribution in [-0.4, -0.2) is 240 Å². The molecule has 8 heterocycles. The van der Waals surface area contributed by atoms with Gasteiger partial charge in [-0.3, -0.25) is 38.4 Å². The van der Waals surface area contributed by atoms with E-state index in [0.717, 1.165) is 59.2 Å². The number of aliphatic hydroxyl groups excluding tert-OH is 7. The van der Waals surface area contributed by atoms with E-state index in [1.807, 2.05) is 36.4 Å². The van der Waals surface area contributed by atoms with Crippen molar-refractivity contribution in [3.05, 3.63) is 176 Å².